The molecule has 4 N–H and O–H groups in total. The number of benzene rings is 2. The summed E-state index contributed by atoms with van der Waals surface area (Å²) < 4.78 is 0. The number of hydrogen-bond donors (Lipinski definition) is 2. The average Bonchev–Trinajstić information content (AvgIpc) is 2.69. The highest BCUT2D eigenvalue weighted by atomic mass is 35.5. The van der Waals surface area contributed by atoms with Crippen molar-refractivity contribution in [3.05, 3.63) is 69.7 Å². The third kappa shape index (κ3) is 5.21. The van der Waals surface area contributed by atoms with Gasteiger partial charge in [0, 0.05) is 34.0 Å². The van der Waals surface area contributed by atoms with Crippen molar-refractivity contribution < 1.29 is 10.6 Å². The van der Waals surface area contributed by atoms with Crippen LogP contribution in [-0.4, -0.2) is 22.6 Å². The van der Waals surface area contributed by atoms with Gasteiger partial charge in [-0.15, -0.1) is 11.8 Å². The fraction of sp³-hybridized carbons (Fsp3) is 0.455. The molecule has 4 rings (SSSR count). The largest absolute Gasteiger partial charge is 0.339 e. The zero-order chi connectivity index (χ0) is 18.6. The van der Waals surface area contributed by atoms with E-state index in [-0.39, 0.29) is 0 Å². The lowest BCUT2D eigenvalue weighted by Gasteiger charge is -2.41. The van der Waals surface area contributed by atoms with Crippen LogP contribution >= 0.6 is 35.0 Å². The van der Waals surface area contributed by atoms with Crippen molar-refractivity contribution in [3.63, 3.8) is 0 Å². The summed E-state index contributed by atoms with van der Waals surface area (Å²) in [4.78, 5) is 0. The Morgan fingerprint density at radius 3 is 1.48 bits per heavy atom. The van der Waals surface area contributed by atoms with Crippen LogP contribution in [0.1, 0.15) is 36.8 Å². The molecular weight excluding hydrogens is 395 g/mol. The van der Waals surface area contributed by atoms with Gasteiger partial charge in [-0.1, -0.05) is 47.5 Å². The molecule has 144 valence electrons. The lowest BCUT2D eigenvalue weighted by molar-refractivity contribution is -0.713. The molecule has 2 aliphatic heterocycles. The topological polar surface area (TPSA) is 33.2 Å². The zero-order valence-corrected chi connectivity index (χ0v) is 17.8. The van der Waals surface area contributed by atoms with Gasteiger partial charge in [0.2, 0.25) is 0 Å². The van der Waals surface area contributed by atoms with Crippen LogP contribution in [0.25, 0.3) is 0 Å². The van der Waals surface area contributed by atoms with Crippen molar-refractivity contribution in [1.82, 2.24) is 0 Å². The fourth-order valence-electron chi connectivity index (χ4n) is 4.43. The molecule has 2 bridgehead atoms. The highest BCUT2D eigenvalue weighted by Gasteiger charge is 2.42. The van der Waals surface area contributed by atoms with E-state index in [9.17, 15) is 0 Å². The SMILES string of the molecule is Clc1ccc(C[NH2+][C@@H]2CC[C@@H]3S[C@H]2CC[C@H]3[NH2+]Cc2ccc(Cl)cc2)cc1. The summed E-state index contributed by atoms with van der Waals surface area (Å²) >= 11 is 14.2. The lowest BCUT2D eigenvalue weighted by atomic mass is 9.91. The summed E-state index contributed by atoms with van der Waals surface area (Å²) in [6.45, 7) is 2.13. The van der Waals surface area contributed by atoms with Crippen LogP contribution in [0, 0.1) is 0 Å². The van der Waals surface area contributed by atoms with Crippen LogP contribution in [-0.2, 0) is 13.1 Å². The molecule has 0 unspecified atom stereocenters. The quantitative estimate of drug-likeness (QED) is 0.731. The maximum absolute atomic E-state index is 5.99. The van der Waals surface area contributed by atoms with Crippen LogP contribution in [0.4, 0.5) is 0 Å². The number of hydrogen-bond acceptors (Lipinski definition) is 1. The monoisotopic (exact) mass is 422 g/mol. The normalized spacial score (nSPS) is 27.5. The molecule has 2 nitrogen and oxygen atoms in total. The van der Waals surface area contributed by atoms with E-state index < -0.39 is 0 Å². The Morgan fingerprint density at radius 1 is 0.667 bits per heavy atom. The van der Waals surface area contributed by atoms with Gasteiger partial charge in [-0.3, -0.25) is 0 Å². The van der Waals surface area contributed by atoms with Crippen LogP contribution in [0.5, 0.6) is 0 Å². The van der Waals surface area contributed by atoms with Gasteiger partial charge in [0.25, 0.3) is 0 Å². The Morgan fingerprint density at radius 2 is 1.07 bits per heavy atom. The van der Waals surface area contributed by atoms with Gasteiger partial charge in [0.1, 0.15) is 13.1 Å². The van der Waals surface area contributed by atoms with Crippen molar-refractivity contribution in [1.29, 1.82) is 0 Å². The predicted molar refractivity (Wildman–Crippen MR) is 115 cm³/mol. The molecule has 0 spiro atoms. The molecule has 0 saturated carbocycles. The molecule has 2 aliphatic rings. The molecule has 2 heterocycles. The molecule has 0 aliphatic carbocycles. The van der Waals surface area contributed by atoms with E-state index in [1.165, 1.54) is 36.8 Å². The van der Waals surface area contributed by atoms with Gasteiger partial charge >= 0.3 is 0 Å². The Bertz CT molecular complexity index is 671. The molecule has 27 heavy (non-hydrogen) atoms. The summed E-state index contributed by atoms with van der Waals surface area (Å²) in [5, 5.41) is 8.41. The first-order valence-electron chi connectivity index (χ1n) is 9.98. The molecule has 0 aromatic heterocycles. The summed E-state index contributed by atoms with van der Waals surface area (Å²) in [7, 11) is 0. The predicted octanol–water partition coefficient (Wildman–Crippen LogP) is 3.62. The standard InChI is InChI=1S/C22H26Cl2N2S/c23-17-5-1-15(2-6-17)13-25-19-9-11-22-20(10-12-21(19)27-22)26-14-16-3-7-18(24)8-4-16/h1-8,19-22,25-26H,9-14H2/p+2/t19-,20-,21+,22+/m1/s1. The average molecular weight is 423 g/mol. The molecule has 0 amide bonds. The third-order valence-corrected chi connectivity index (χ3v) is 8.39. The number of thioether (sulfide) groups is 1. The van der Waals surface area contributed by atoms with Gasteiger partial charge in [-0.25, -0.2) is 0 Å². The van der Waals surface area contributed by atoms with Crippen molar-refractivity contribution in [2.24, 2.45) is 0 Å². The number of quaternary nitrogens is 2. The number of rotatable bonds is 6. The highest BCUT2D eigenvalue weighted by molar-refractivity contribution is 8.00. The maximum Gasteiger partial charge on any atom is 0.101 e. The second kappa shape index (κ2) is 9.19. The number of fused-ring (bicyclic) bond motifs is 2. The summed E-state index contributed by atoms with van der Waals surface area (Å²) in [5.41, 5.74) is 2.74. The molecule has 2 fully saturated rings. The van der Waals surface area contributed by atoms with Gasteiger partial charge in [0.05, 0.1) is 22.6 Å². The van der Waals surface area contributed by atoms with Crippen LogP contribution < -0.4 is 10.6 Å². The van der Waals surface area contributed by atoms with Crippen LogP contribution in [0.15, 0.2) is 48.5 Å². The van der Waals surface area contributed by atoms with Gasteiger partial charge in [0.15, 0.2) is 0 Å². The Hall–Kier alpha value is -0.710. The molecule has 5 heteroatoms. The van der Waals surface area contributed by atoms with E-state index in [2.05, 4.69) is 46.7 Å². The maximum atomic E-state index is 5.99. The van der Waals surface area contributed by atoms with Gasteiger partial charge < -0.3 is 10.6 Å². The summed E-state index contributed by atoms with van der Waals surface area (Å²) in [6, 6.07) is 18.1. The molecule has 0 radical (unpaired) electrons. The minimum Gasteiger partial charge on any atom is -0.339 e. The van der Waals surface area contributed by atoms with E-state index in [1.54, 1.807) is 0 Å². The minimum atomic E-state index is 0.763. The first kappa shape index (κ1) is 19.6. The van der Waals surface area contributed by atoms with E-state index in [1.807, 2.05) is 24.3 Å². The summed E-state index contributed by atoms with van der Waals surface area (Å²) in [6.07, 6.45) is 5.40. The second-order valence-electron chi connectivity index (χ2n) is 7.83. The van der Waals surface area contributed by atoms with Crippen LogP contribution in [0.2, 0.25) is 10.0 Å². The Kier molecular flexibility index (Phi) is 6.67. The van der Waals surface area contributed by atoms with Gasteiger partial charge in [-0.05, 0) is 37.1 Å². The molecule has 2 aromatic carbocycles. The number of halogens is 2. The van der Waals surface area contributed by atoms with E-state index >= 15 is 0 Å². The van der Waals surface area contributed by atoms with E-state index in [4.69, 9.17) is 23.2 Å². The van der Waals surface area contributed by atoms with Crippen LogP contribution in [0.3, 0.4) is 0 Å². The van der Waals surface area contributed by atoms with Gasteiger partial charge in [-0.2, -0.15) is 0 Å². The number of nitrogens with two attached hydrogens (primary N) is 2. The Balaban J connectivity index is 1.25. The molecule has 2 aromatic rings. The lowest BCUT2D eigenvalue weighted by Crippen LogP contribution is -2.94. The molecular formula is C22H28Cl2N2S+2. The summed E-state index contributed by atoms with van der Waals surface area (Å²) in [5.74, 6) is 0. The highest BCUT2D eigenvalue weighted by Crippen LogP contribution is 2.39. The molecule has 4 atom stereocenters. The first-order chi connectivity index (χ1) is 13.2. The zero-order valence-electron chi connectivity index (χ0n) is 15.5. The van der Waals surface area contributed by atoms with Crippen molar-refractivity contribution in [2.75, 3.05) is 0 Å². The molecule has 2 saturated heterocycles. The Labute approximate surface area is 176 Å². The van der Waals surface area contributed by atoms with Crippen molar-refractivity contribution in [3.8, 4) is 0 Å². The van der Waals surface area contributed by atoms with E-state index in [0.29, 0.717) is 0 Å². The first-order valence-corrected chi connectivity index (χ1v) is 11.7. The smallest absolute Gasteiger partial charge is 0.101 e. The van der Waals surface area contributed by atoms with E-state index in [0.717, 1.165) is 45.7 Å². The fourth-order valence-corrected chi connectivity index (χ4v) is 6.57. The second-order valence-corrected chi connectivity index (χ2v) is 10.2. The van der Waals surface area contributed by atoms with Crippen molar-refractivity contribution >= 4 is 35.0 Å². The third-order valence-electron chi connectivity index (χ3n) is 6.01. The minimum absolute atomic E-state index is 0.763. The van der Waals surface area contributed by atoms with Crippen molar-refractivity contribution in [2.45, 2.75) is 61.4 Å².